The van der Waals surface area contributed by atoms with Crippen molar-refractivity contribution in [2.24, 2.45) is 0 Å². The summed E-state index contributed by atoms with van der Waals surface area (Å²) in [7, 11) is 0. The fourth-order valence-corrected chi connectivity index (χ4v) is 1.80. The van der Waals surface area contributed by atoms with Crippen molar-refractivity contribution in [1.29, 1.82) is 0 Å². The number of carbonyl (C=O) groups excluding carboxylic acids is 1. The van der Waals surface area contributed by atoms with Gasteiger partial charge in [-0.2, -0.15) is 5.10 Å². The predicted octanol–water partition coefficient (Wildman–Crippen LogP) is 2.73. The van der Waals surface area contributed by atoms with Crippen molar-refractivity contribution in [3.8, 4) is 0 Å². The van der Waals surface area contributed by atoms with Crippen molar-refractivity contribution in [2.45, 2.75) is 20.3 Å². The monoisotopic (exact) mass is 244 g/mol. The van der Waals surface area contributed by atoms with E-state index in [0.29, 0.717) is 12.3 Å². The Morgan fingerprint density at radius 1 is 1.50 bits per heavy atom. The fourth-order valence-electron chi connectivity index (χ4n) is 1.80. The molecular formula is C14H16N2O2. The van der Waals surface area contributed by atoms with E-state index in [4.69, 9.17) is 4.74 Å². The van der Waals surface area contributed by atoms with E-state index in [1.807, 2.05) is 37.3 Å². The van der Waals surface area contributed by atoms with Gasteiger partial charge in [0.25, 0.3) is 0 Å². The summed E-state index contributed by atoms with van der Waals surface area (Å²) in [6.07, 6.45) is 12.4. The van der Waals surface area contributed by atoms with Crippen LogP contribution < -0.4 is 0 Å². The van der Waals surface area contributed by atoms with Gasteiger partial charge >= 0.3 is 5.97 Å². The number of carbonyl (C=O) groups is 1. The molecule has 0 atom stereocenters. The molecule has 0 radical (unpaired) electrons. The van der Waals surface area contributed by atoms with Gasteiger partial charge in [0.15, 0.2) is 5.69 Å². The highest BCUT2D eigenvalue weighted by Crippen LogP contribution is 2.17. The maximum absolute atomic E-state index is 11.9. The predicted molar refractivity (Wildman–Crippen MR) is 70.1 cm³/mol. The van der Waals surface area contributed by atoms with Crippen molar-refractivity contribution in [2.75, 3.05) is 6.61 Å². The molecule has 0 aliphatic heterocycles. The van der Waals surface area contributed by atoms with Gasteiger partial charge in [0.1, 0.15) is 0 Å². The van der Waals surface area contributed by atoms with E-state index in [9.17, 15) is 4.79 Å². The first kappa shape index (κ1) is 12.4. The number of hydrogen-bond donors (Lipinski definition) is 0. The summed E-state index contributed by atoms with van der Waals surface area (Å²) in [5.41, 5.74) is 2.20. The lowest BCUT2D eigenvalue weighted by Crippen LogP contribution is -2.13. The number of aromatic nitrogens is 2. The third-order valence-corrected chi connectivity index (χ3v) is 2.64. The molecule has 0 aromatic carbocycles. The molecule has 1 aromatic heterocycles. The maximum atomic E-state index is 11.9. The van der Waals surface area contributed by atoms with Crippen LogP contribution in [0.25, 0.3) is 5.70 Å². The summed E-state index contributed by atoms with van der Waals surface area (Å²) in [6, 6.07) is 0. The first-order valence-electron chi connectivity index (χ1n) is 5.99. The Labute approximate surface area is 106 Å². The number of allylic oxidation sites excluding steroid dienone is 6. The van der Waals surface area contributed by atoms with Crippen molar-refractivity contribution < 1.29 is 9.53 Å². The van der Waals surface area contributed by atoms with Crippen molar-refractivity contribution in [3.63, 3.8) is 0 Å². The highest BCUT2D eigenvalue weighted by molar-refractivity contribution is 5.90. The molecule has 4 nitrogen and oxygen atoms in total. The van der Waals surface area contributed by atoms with Crippen LogP contribution in [0.5, 0.6) is 0 Å². The summed E-state index contributed by atoms with van der Waals surface area (Å²) in [4.78, 5) is 11.9. The molecule has 0 fully saturated rings. The molecule has 0 N–H and O–H groups in total. The number of aryl methyl sites for hydroxylation is 1. The van der Waals surface area contributed by atoms with Crippen molar-refractivity contribution in [1.82, 2.24) is 9.78 Å². The Balaban J connectivity index is 2.40. The van der Waals surface area contributed by atoms with E-state index in [1.165, 1.54) is 0 Å². The Kier molecular flexibility index (Phi) is 3.77. The second-order valence-corrected chi connectivity index (χ2v) is 3.96. The summed E-state index contributed by atoms with van der Waals surface area (Å²) < 4.78 is 6.70. The number of nitrogens with zero attached hydrogens (tertiary/aromatic N) is 2. The Bertz CT molecular complexity index is 536. The molecule has 1 aromatic rings. The van der Waals surface area contributed by atoms with Crippen LogP contribution in [0.2, 0.25) is 0 Å². The lowest BCUT2D eigenvalue weighted by Gasteiger charge is -2.08. The minimum Gasteiger partial charge on any atom is -0.461 e. The van der Waals surface area contributed by atoms with Gasteiger partial charge in [0.2, 0.25) is 0 Å². The zero-order valence-corrected chi connectivity index (χ0v) is 10.6. The summed E-state index contributed by atoms with van der Waals surface area (Å²) >= 11 is 0. The van der Waals surface area contributed by atoms with E-state index < -0.39 is 0 Å². The fraction of sp³-hybridized carbons (Fsp3) is 0.286. The number of rotatable bonds is 3. The second kappa shape index (κ2) is 5.49. The molecule has 1 aliphatic rings. The molecule has 4 heteroatoms. The Hall–Kier alpha value is -2.10. The van der Waals surface area contributed by atoms with Gasteiger partial charge in [-0.3, -0.25) is 0 Å². The zero-order chi connectivity index (χ0) is 13.0. The largest absolute Gasteiger partial charge is 0.461 e. The minimum absolute atomic E-state index is 0.334. The smallest absolute Gasteiger partial charge is 0.357 e. The van der Waals surface area contributed by atoms with Crippen LogP contribution in [-0.2, 0) is 4.74 Å². The lowest BCUT2D eigenvalue weighted by molar-refractivity contribution is 0.0515. The Morgan fingerprint density at radius 3 is 3.11 bits per heavy atom. The summed E-state index contributed by atoms with van der Waals surface area (Å²) in [5, 5.41) is 4.25. The summed E-state index contributed by atoms with van der Waals surface area (Å²) in [6.45, 7) is 4.01. The van der Waals surface area contributed by atoms with Crippen LogP contribution in [0.3, 0.4) is 0 Å². The maximum Gasteiger partial charge on any atom is 0.357 e. The van der Waals surface area contributed by atoms with E-state index >= 15 is 0 Å². The van der Waals surface area contributed by atoms with Crippen LogP contribution >= 0.6 is 0 Å². The average Bonchev–Trinajstić information content (AvgIpc) is 2.58. The SMILES string of the molecule is CCOC(=O)c1c(C)cnn1C1=CCC=CC=C1. The van der Waals surface area contributed by atoms with Gasteiger partial charge < -0.3 is 4.74 Å². The topological polar surface area (TPSA) is 44.1 Å². The van der Waals surface area contributed by atoms with E-state index in [1.54, 1.807) is 17.8 Å². The molecule has 1 heterocycles. The average molecular weight is 244 g/mol. The van der Waals surface area contributed by atoms with Crippen LogP contribution in [0, 0.1) is 6.92 Å². The van der Waals surface area contributed by atoms with E-state index in [0.717, 1.165) is 17.7 Å². The molecule has 0 saturated carbocycles. The molecule has 94 valence electrons. The molecular weight excluding hydrogens is 228 g/mol. The van der Waals surface area contributed by atoms with Gasteiger partial charge in [0.05, 0.1) is 18.5 Å². The molecule has 0 bridgehead atoms. The van der Waals surface area contributed by atoms with E-state index in [2.05, 4.69) is 5.10 Å². The highest BCUT2D eigenvalue weighted by Gasteiger charge is 2.18. The third-order valence-electron chi connectivity index (χ3n) is 2.64. The molecule has 2 rings (SSSR count). The third kappa shape index (κ3) is 2.42. The van der Waals surface area contributed by atoms with Crippen LogP contribution in [0.4, 0.5) is 0 Å². The molecule has 18 heavy (non-hydrogen) atoms. The summed E-state index contributed by atoms with van der Waals surface area (Å²) in [5.74, 6) is -0.334. The zero-order valence-electron chi connectivity index (χ0n) is 10.6. The molecule has 0 amide bonds. The number of hydrogen-bond acceptors (Lipinski definition) is 3. The van der Waals surface area contributed by atoms with Crippen LogP contribution in [-0.4, -0.2) is 22.4 Å². The van der Waals surface area contributed by atoms with Crippen molar-refractivity contribution >= 4 is 11.7 Å². The lowest BCUT2D eigenvalue weighted by atomic mass is 10.2. The second-order valence-electron chi connectivity index (χ2n) is 3.96. The van der Waals surface area contributed by atoms with Gasteiger partial charge in [-0.25, -0.2) is 9.48 Å². The molecule has 1 aliphatic carbocycles. The molecule has 0 spiro atoms. The quantitative estimate of drug-likeness (QED) is 0.768. The first-order valence-corrected chi connectivity index (χ1v) is 5.99. The Morgan fingerprint density at radius 2 is 2.33 bits per heavy atom. The normalized spacial score (nSPS) is 14.2. The van der Waals surface area contributed by atoms with Gasteiger partial charge in [0, 0.05) is 5.56 Å². The number of ether oxygens (including phenoxy) is 1. The van der Waals surface area contributed by atoms with E-state index in [-0.39, 0.29) is 5.97 Å². The number of esters is 1. The highest BCUT2D eigenvalue weighted by atomic mass is 16.5. The van der Waals surface area contributed by atoms with Gasteiger partial charge in [-0.1, -0.05) is 24.3 Å². The van der Waals surface area contributed by atoms with Crippen molar-refractivity contribution in [3.05, 3.63) is 47.8 Å². The van der Waals surface area contributed by atoms with Crippen LogP contribution in [0.15, 0.2) is 36.6 Å². The van der Waals surface area contributed by atoms with Crippen LogP contribution in [0.1, 0.15) is 29.4 Å². The molecule has 0 saturated heterocycles. The molecule has 0 unspecified atom stereocenters. The first-order chi connectivity index (χ1) is 8.74. The standard InChI is InChI=1S/C14H16N2O2/c1-3-18-14(17)13-11(2)10-15-16(13)12-8-6-4-5-7-9-12/h4-6,8-10H,3,7H2,1-2H3. The minimum atomic E-state index is -0.334. The van der Waals surface area contributed by atoms with Gasteiger partial charge in [-0.05, 0) is 26.3 Å². The van der Waals surface area contributed by atoms with Gasteiger partial charge in [-0.15, -0.1) is 0 Å².